The minimum atomic E-state index is -0.377. The number of nitrogens with one attached hydrogen (secondary N) is 2. The Kier molecular flexibility index (Phi) is 5.77. The molecule has 0 saturated carbocycles. The van der Waals surface area contributed by atoms with Crippen molar-refractivity contribution in [3.05, 3.63) is 81.4 Å². The highest BCUT2D eigenvalue weighted by atomic mass is 32.1. The van der Waals surface area contributed by atoms with Crippen LogP contribution < -0.4 is 5.32 Å². The number of aromatic amines is 1. The fourth-order valence-corrected chi connectivity index (χ4v) is 3.87. The summed E-state index contributed by atoms with van der Waals surface area (Å²) in [5.41, 5.74) is 1.93. The Morgan fingerprint density at radius 1 is 1.10 bits per heavy atom. The Labute approximate surface area is 183 Å². The number of hydrogen-bond acceptors (Lipinski definition) is 5. The van der Waals surface area contributed by atoms with Gasteiger partial charge >= 0.3 is 0 Å². The molecule has 1 aromatic heterocycles. The maximum Gasteiger partial charge on any atom is 0.261 e. The molecule has 0 spiro atoms. The van der Waals surface area contributed by atoms with Gasteiger partial charge in [0.2, 0.25) is 0 Å². The second kappa shape index (κ2) is 8.65. The van der Waals surface area contributed by atoms with Gasteiger partial charge in [-0.05, 0) is 49.3 Å². The minimum Gasteiger partial charge on any atom is -0.345 e. The van der Waals surface area contributed by atoms with E-state index in [0.717, 1.165) is 5.56 Å². The van der Waals surface area contributed by atoms with E-state index in [1.807, 2.05) is 37.3 Å². The molecule has 31 heavy (non-hydrogen) atoms. The third-order valence-electron chi connectivity index (χ3n) is 5.26. The number of amides is 3. The molecule has 1 aliphatic rings. The zero-order valence-corrected chi connectivity index (χ0v) is 17.7. The van der Waals surface area contributed by atoms with Gasteiger partial charge in [0.25, 0.3) is 17.7 Å². The van der Waals surface area contributed by atoms with Crippen LogP contribution in [-0.2, 0) is 19.5 Å². The average molecular weight is 436 g/mol. The van der Waals surface area contributed by atoms with E-state index in [1.165, 1.54) is 17.0 Å². The van der Waals surface area contributed by atoms with Crippen LogP contribution in [0, 0.1) is 4.77 Å². The fourth-order valence-electron chi connectivity index (χ4n) is 3.59. The zero-order valence-electron chi connectivity index (χ0n) is 16.9. The summed E-state index contributed by atoms with van der Waals surface area (Å²) in [6.07, 6.45) is 0.575. The highest BCUT2D eigenvalue weighted by Crippen LogP contribution is 2.24. The van der Waals surface area contributed by atoms with Gasteiger partial charge in [0.15, 0.2) is 10.6 Å². The quantitative estimate of drug-likeness (QED) is 0.439. The molecule has 4 rings (SSSR count). The van der Waals surface area contributed by atoms with Crippen molar-refractivity contribution < 1.29 is 14.4 Å². The molecule has 0 atom stereocenters. The number of aromatic nitrogens is 3. The van der Waals surface area contributed by atoms with Crippen LogP contribution in [0.1, 0.15) is 49.4 Å². The predicted molar refractivity (Wildman–Crippen MR) is 116 cm³/mol. The summed E-state index contributed by atoms with van der Waals surface area (Å²) in [4.78, 5) is 39.3. The third kappa shape index (κ3) is 4.04. The molecule has 1 aliphatic heterocycles. The van der Waals surface area contributed by atoms with E-state index in [2.05, 4.69) is 15.5 Å². The lowest BCUT2D eigenvalue weighted by Crippen LogP contribution is -2.31. The van der Waals surface area contributed by atoms with Crippen molar-refractivity contribution in [3.63, 3.8) is 0 Å². The monoisotopic (exact) mass is 435 g/mol. The van der Waals surface area contributed by atoms with E-state index in [1.54, 1.807) is 10.6 Å². The van der Waals surface area contributed by atoms with Crippen molar-refractivity contribution in [1.82, 2.24) is 25.0 Å². The first-order valence-corrected chi connectivity index (χ1v) is 10.4. The van der Waals surface area contributed by atoms with Crippen LogP contribution in [0.5, 0.6) is 0 Å². The molecule has 158 valence electrons. The molecule has 2 N–H and O–H groups in total. The molecule has 2 heterocycles. The van der Waals surface area contributed by atoms with Crippen LogP contribution in [0.25, 0.3) is 0 Å². The van der Waals surface area contributed by atoms with Crippen LogP contribution >= 0.6 is 12.2 Å². The highest BCUT2D eigenvalue weighted by molar-refractivity contribution is 7.71. The van der Waals surface area contributed by atoms with E-state index in [-0.39, 0.29) is 36.4 Å². The Hall–Kier alpha value is -3.59. The molecular weight excluding hydrogens is 414 g/mol. The van der Waals surface area contributed by atoms with Crippen LogP contribution in [0.4, 0.5) is 0 Å². The first-order valence-electron chi connectivity index (χ1n) is 9.96. The van der Waals surface area contributed by atoms with E-state index >= 15 is 0 Å². The number of carbonyl (C=O) groups excluding carboxylic acids is 3. The van der Waals surface area contributed by atoms with Gasteiger partial charge in [0.05, 0.1) is 17.7 Å². The molecule has 0 unspecified atom stereocenters. The largest absolute Gasteiger partial charge is 0.345 e. The lowest BCUT2D eigenvalue weighted by Gasteiger charge is -2.13. The van der Waals surface area contributed by atoms with Gasteiger partial charge < -0.3 is 9.88 Å². The molecule has 3 aromatic rings. The summed E-state index contributed by atoms with van der Waals surface area (Å²) < 4.78 is 2.27. The summed E-state index contributed by atoms with van der Waals surface area (Å²) in [7, 11) is 0. The SMILES string of the molecule is CCn1c(CNC(=O)c2ccc3c(c2)C(=O)N(CCc2ccccc2)C3=O)n[nH]c1=S. The molecule has 2 aromatic carbocycles. The molecular formula is C22H21N5O3S. The smallest absolute Gasteiger partial charge is 0.261 e. The molecule has 9 heteroatoms. The van der Waals surface area contributed by atoms with Crippen molar-refractivity contribution in [2.24, 2.45) is 0 Å². The van der Waals surface area contributed by atoms with E-state index in [0.29, 0.717) is 34.7 Å². The van der Waals surface area contributed by atoms with E-state index in [9.17, 15) is 14.4 Å². The maximum absolute atomic E-state index is 12.8. The van der Waals surface area contributed by atoms with Gasteiger partial charge in [-0.25, -0.2) is 0 Å². The van der Waals surface area contributed by atoms with Crippen LogP contribution in [0.2, 0.25) is 0 Å². The average Bonchev–Trinajstić information content (AvgIpc) is 3.27. The van der Waals surface area contributed by atoms with E-state index in [4.69, 9.17) is 12.2 Å². The number of carbonyl (C=O) groups is 3. The van der Waals surface area contributed by atoms with Gasteiger partial charge in [-0.1, -0.05) is 30.3 Å². The maximum atomic E-state index is 12.8. The van der Waals surface area contributed by atoms with Crippen molar-refractivity contribution in [2.75, 3.05) is 6.54 Å². The van der Waals surface area contributed by atoms with Crippen molar-refractivity contribution in [2.45, 2.75) is 26.4 Å². The number of rotatable bonds is 7. The molecule has 3 amide bonds. The Morgan fingerprint density at radius 3 is 2.58 bits per heavy atom. The summed E-state index contributed by atoms with van der Waals surface area (Å²) in [5, 5.41) is 9.59. The van der Waals surface area contributed by atoms with Crippen LogP contribution in [-0.4, -0.2) is 43.9 Å². The number of benzene rings is 2. The first kappa shape index (κ1) is 20.7. The molecule has 0 fully saturated rings. The molecule has 0 bridgehead atoms. The van der Waals surface area contributed by atoms with Crippen molar-refractivity contribution in [1.29, 1.82) is 0 Å². The Bertz CT molecular complexity index is 1220. The summed E-state index contributed by atoms with van der Waals surface area (Å²) in [6, 6.07) is 14.2. The zero-order chi connectivity index (χ0) is 22.0. The van der Waals surface area contributed by atoms with Gasteiger partial charge in [-0.3, -0.25) is 24.4 Å². The Balaban J connectivity index is 1.46. The summed E-state index contributed by atoms with van der Waals surface area (Å²) in [5.74, 6) is -0.457. The second-order valence-electron chi connectivity index (χ2n) is 7.13. The highest BCUT2D eigenvalue weighted by Gasteiger charge is 2.35. The lowest BCUT2D eigenvalue weighted by molar-refractivity contribution is 0.0656. The first-order chi connectivity index (χ1) is 15.0. The number of hydrogen-bond donors (Lipinski definition) is 2. The van der Waals surface area contributed by atoms with Crippen LogP contribution in [0.3, 0.4) is 0 Å². The van der Waals surface area contributed by atoms with Gasteiger partial charge in [0, 0.05) is 18.7 Å². The van der Waals surface area contributed by atoms with Gasteiger partial charge in [0.1, 0.15) is 0 Å². The number of nitrogens with zero attached hydrogens (tertiary/aromatic N) is 3. The third-order valence-corrected chi connectivity index (χ3v) is 5.57. The van der Waals surface area contributed by atoms with Crippen molar-refractivity contribution >= 4 is 29.9 Å². The number of fused-ring (bicyclic) bond motifs is 1. The van der Waals surface area contributed by atoms with E-state index < -0.39 is 0 Å². The number of H-pyrrole nitrogens is 1. The topological polar surface area (TPSA) is 100 Å². The number of imide groups is 1. The standard InChI is InChI=1S/C22H21N5O3S/c1-2-26-18(24-25-22(26)31)13-23-19(28)15-8-9-16-17(12-15)21(30)27(20(16)29)11-10-14-6-4-3-5-7-14/h3-9,12H,2,10-11,13H2,1H3,(H,23,28)(H,25,31). The van der Waals surface area contributed by atoms with Gasteiger partial charge in [-0.2, -0.15) is 5.10 Å². The normalized spacial score (nSPS) is 12.9. The predicted octanol–water partition coefficient (Wildman–Crippen LogP) is 2.73. The Morgan fingerprint density at radius 2 is 1.84 bits per heavy atom. The van der Waals surface area contributed by atoms with Crippen molar-refractivity contribution in [3.8, 4) is 0 Å². The molecule has 0 radical (unpaired) electrons. The minimum absolute atomic E-state index is 0.187. The molecule has 8 nitrogen and oxygen atoms in total. The lowest BCUT2D eigenvalue weighted by atomic mass is 10.1. The van der Waals surface area contributed by atoms with Crippen LogP contribution in [0.15, 0.2) is 48.5 Å². The summed E-state index contributed by atoms with van der Waals surface area (Å²) in [6.45, 7) is 3.04. The fraction of sp³-hybridized carbons (Fsp3) is 0.227. The second-order valence-corrected chi connectivity index (χ2v) is 7.52. The summed E-state index contributed by atoms with van der Waals surface area (Å²) >= 11 is 5.15. The van der Waals surface area contributed by atoms with Gasteiger partial charge in [-0.15, -0.1) is 0 Å². The molecule has 0 saturated heterocycles. The molecule has 0 aliphatic carbocycles.